The minimum absolute atomic E-state index is 0.0784. The summed E-state index contributed by atoms with van der Waals surface area (Å²) in [4.78, 5) is 17.0. The lowest BCUT2D eigenvalue weighted by Gasteiger charge is -2.39. The van der Waals surface area contributed by atoms with E-state index in [1.54, 1.807) is 18.2 Å². The van der Waals surface area contributed by atoms with Gasteiger partial charge in [-0.25, -0.2) is 4.98 Å². The molecule has 0 saturated carbocycles. The predicted octanol–water partition coefficient (Wildman–Crippen LogP) is 1.89. The fourth-order valence-corrected chi connectivity index (χ4v) is 3.96. The molecule has 0 spiro atoms. The molecule has 0 radical (unpaired) electrons. The molecule has 32 heavy (non-hydrogen) atoms. The normalized spacial score (nSPS) is 26.1. The molecular weight excluding hydrogens is 442 g/mol. The summed E-state index contributed by atoms with van der Waals surface area (Å²) in [7, 11) is 1.28. The van der Waals surface area contributed by atoms with Crippen molar-refractivity contribution >= 4 is 33.5 Å². The minimum Gasteiger partial charge on any atom is -0.460 e. The van der Waals surface area contributed by atoms with Gasteiger partial charge in [-0.15, -0.1) is 0 Å². The third-order valence-electron chi connectivity index (χ3n) is 5.41. The first-order valence-electron chi connectivity index (χ1n) is 9.72. The molecule has 166 valence electrons. The quantitative estimate of drug-likeness (QED) is 0.310. The van der Waals surface area contributed by atoms with Crippen LogP contribution in [-0.4, -0.2) is 58.3 Å². The number of hydrogen-bond donors (Lipinski definition) is 3. The van der Waals surface area contributed by atoms with Gasteiger partial charge in [-0.2, -0.15) is 0 Å². The van der Waals surface area contributed by atoms with E-state index in [4.69, 9.17) is 30.2 Å². The van der Waals surface area contributed by atoms with Crippen LogP contribution in [0.3, 0.4) is 0 Å². The van der Waals surface area contributed by atoms with Gasteiger partial charge in [-0.05, 0) is 6.07 Å². The largest absolute Gasteiger partial charge is 0.460 e. The van der Waals surface area contributed by atoms with E-state index >= 15 is 0 Å². The van der Waals surface area contributed by atoms with Crippen molar-refractivity contribution in [2.45, 2.75) is 30.9 Å². The Balaban J connectivity index is 1.57. The second-order valence-corrected chi connectivity index (χ2v) is 7.84. The van der Waals surface area contributed by atoms with Gasteiger partial charge in [-0.3, -0.25) is 4.79 Å². The van der Waals surface area contributed by atoms with Gasteiger partial charge in [0.25, 0.3) is 0 Å². The highest BCUT2D eigenvalue weighted by molar-refractivity contribution is 6.32. The average molecular weight is 460 g/mol. The molecule has 0 unspecified atom stereocenters. The monoisotopic (exact) mass is 459 g/mol. The Hall–Kier alpha value is -2.79. The molecule has 1 saturated heterocycles. The fraction of sp³-hybridized carbons (Fsp3) is 0.273. The first-order chi connectivity index (χ1) is 15.4. The predicted molar refractivity (Wildman–Crippen MR) is 114 cm³/mol. The van der Waals surface area contributed by atoms with Crippen LogP contribution in [-0.2, 0) is 9.47 Å². The van der Waals surface area contributed by atoms with Crippen molar-refractivity contribution in [2.75, 3.05) is 7.11 Å². The zero-order chi connectivity index (χ0) is 22.6. The molecule has 2 aliphatic heterocycles. The first kappa shape index (κ1) is 21.1. The van der Waals surface area contributed by atoms with E-state index in [0.717, 1.165) is 0 Å². The number of aliphatic hydroxyl groups excluding tert-OH is 3. The van der Waals surface area contributed by atoms with Gasteiger partial charge in [0.15, 0.2) is 23.1 Å². The number of rotatable bonds is 3. The van der Waals surface area contributed by atoms with Gasteiger partial charge in [0.1, 0.15) is 35.3 Å². The molecular formula is C22H18ClNO8. The number of hydrogen-bond acceptors (Lipinski definition) is 9. The van der Waals surface area contributed by atoms with Crippen LogP contribution in [0.4, 0.5) is 0 Å². The fourth-order valence-electron chi connectivity index (χ4n) is 3.75. The third-order valence-corrected chi connectivity index (χ3v) is 5.71. The number of aromatic nitrogens is 1. The second kappa shape index (κ2) is 7.96. The summed E-state index contributed by atoms with van der Waals surface area (Å²) < 4.78 is 21.9. The van der Waals surface area contributed by atoms with E-state index in [-0.39, 0.29) is 21.8 Å². The molecule has 3 N–H and O–H groups in total. The minimum atomic E-state index is -1.57. The molecule has 0 bridgehead atoms. The molecule has 5 atom stereocenters. The van der Waals surface area contributed by atoms with Crippen molar-refractivity contribution in [3.8, 4) is 17.2 Å². The number of halogens is 1. The second-order valence-electron chi connectivity index (χ2n) is 7.43. The van der Waals surface area contributed by atoms with Crippen molar-refractivity contribution < 1.29 is 33.9 Å². The van der Waals surface area contributed by atoms with Gasteiger partial charge in [0.2, 0.25) is 6.29 Å². The number of ether oxygens (including phenoxy) is 3. The van der Waals surface area contributed by atoms with Crippen LogP contribution < -0.4 is 10.2 Å². The summed E-state index contributed by atoms with van der Waals surface area (Å²) in [5.74, 6) is 0.371. The van der Waals surface area contributed by atoms with Crippen LogP contribution in [0, 0.1) is 0 Å². The molecule has 2 aromatic carbocycles. The number of methoxy groups -OCH3 is 1. The van der Waals surface area contributed by atoms with Crippen molar-refractivity contribution in [3.05, 3.63) is 57.7 Å². The van der Waals surface area contributed by atoms with Crippen LogP contribution in [0.1, 0.15) is 0 Å². The van der Waals surface area contributed by atoms with Crippen LogP contribution in [0.2, 0.25) is 5.02 Å². The van der Waals surface area contributed by atoms with Crippen LogP contribution in [0.25, 0.3) is 33.3 Å². The Bertz CT molecular complexity index is 1340. The Labute approximate surface area is 185 Å². The number of nitrogens with zero attached hydrogens (tertiary/aromatic N) is 1. The maximum atomic E-state index is 12.4. The van der Waals surface area contributed by atoms with Gasteiger partial charge in [0, 0.05) is 30.0 Å². The number of benzene rings is 3. The Morgan fingerprint density at radius 2 is 1.72 bits per heavy atom. The van der Waals surface area contributed by atoms with Crippen LogP contribution >= 0.6 is 11.6 Å². The summed E-state index contributed by atoms with van der Waals surface area (Å²) in [6, 6.07) is 11.4. The highest BCUT2D eigenvalue weighted by Crippen LogP contribution is 2.36. The number of aliphatic hydroxyl groups is 3. The Morgan fingerprint density at radius 1 is 1.00 bits per heavy atom. The molecule has 9 nitrogen and oxygen atoms in total. The van der Waals surface area contributed by atoms with Crippen LogP contribution in [0.15, 0.2) is 51.7 Å². The van der Waals surface area contributed by atoms with Crippen molar-refractivity contribution in [1.29, 1.82) is 0 Å². The van der Waals surface area contributed by atoms with Gasteiger partial charge >= 0.3 is 0 Å². The summed E-state index contributed by atoms with van der Waals surface area (Å²) in [5, 5.41) is 31.5. The SMILES string of the molecule is CO[C@H]1O[C@@H](Oc2cc3oc4cc(=O)c5ccccc5c-4nc3cc2Cl)[C@H](O)[C@@H](O)[C@H]1O. The summed E-state index contributed by atoms with van der Waals surface area (Å²) in [6.07, 6.45) is -7.17. The lowest BCUT2D eigenvalue weighted by atomic mass is 10.0. The van der Waals surface area contributed by atoms with Crippen molar-refractivity contribution in [2.24, 2.45) is 0 Å². The highest BCUT2D eigenvalue weighted by Gasteiger charge is 2.45. The van der Waals surface area contributed by atoms with E-state index in [2.05, 4.69) is 4.98 Å². The van der Waals surface area contributed by atoms with Gasteiger partial charge in [-0.1, -0.05) is 35.9 Å². The first-order valence-corrected chi connectivity index (χ1v) is 10.1. The van der Waals surface area contributed by atoms with E-state index in [1.165, 1.54) is 25.3 Å². The summed E-state index contributed by atoms with van der Waals surface area (Å²) in [5.41, 5.74) is 1.03. The average Bonchev–Trinajstić information content (AvgIpc) is 2.79. The third kappa shape index (κ3) is 3.39. The molecule has 2 aromatic rings. The molecule has 3 aliphatic rings. The topological polar surface area (TPSA) is 131 Å². The van der Waals surface area contributed by atoms with Gasteiger partial charge < -0.3 is 33.9 Å². The molecule has 1 aliphatic carbocycles. The lowest BCUT2D eigenvalue weighted by Crippen LogP contribution is -2.59. The summed E-state index contributed by atoms with van der Waals surface area (Å²) >= 11 is 6.36. The molecule has 10 heteroatoms. The maximum Gasteiger partial charge on any atom is 0.231 e. The van der Waals surface area contributed by atoms with E-state index in [1.807, 2.05) is 6.07 Å². The number of fused-ring (bicyclic) bond motifs is 4. The van der Waals surface area contributed by atoms with Crippen LogP contribution in [0.5, 0.6) is 5.75 Å². The standard InChI is InChI=1S/C22H18ClNO8/c1-29-21-19(27)18(26)20(28)22(32-21)31-14-8-15-12(6-11(14)23)24-17-10-5-3-2-4-9(10)13(25)7-16(17)30-15/h2-8,18-22,26-28H,1H3/t18-,19+,20+,21-,22+/m0/s1. The zero-order valence-electron chi connectivity index (χ0n) is 16.6. The molecule has 0 amide bonds. The van der Waals surface area contributed by atoms with E-state index in [9.17, 15) is 20.1 Å². The Morgan fingerprint density at radius 3 is 2.47 bits per heavy atom. The van der Waals surface area contributed by atoms with Gasteiger partial charge in [0.05, 0.1) is 5.02 Å². The Kier molecular flexibility index (Phi) is 5.25. The lowest BCUT2D eigenvalue weighted by molar-refractivity contribution is -0.327. The zero-order valence-corrected chi connectivity index (χ0v) is 17.4. The van der Waals surface area contributed by atoms with E-state index in [0.29, 0.717) is 27.7 Å². The van der Waals surface area contributed by atoms with Crippen molar-refractivity contribution in [3.63, 3.8) is 0 Å². The molecule has 1 fully saturated rings. The highest BCUT2D eigenvalue weighted by atomic mass is 35.5. The van der Waals surface area contributed by atoms with Crippen molar-refractivity contribution in [1.82, 2.24) is 4.98 Å². The molecule has 0 aromatic heterocycles. The summed E-state index contributed by atoms with van der Waals surface area (Å²) in [6.45, 7) is 0. The molecule has 5 rings (SSSR count). The smallest absolute Gasteiger partial charge is 0.231 e. The maximum absolute atomic E-state index is 12.4. The van der Waals surface area contributed by atoms with E-state index < -0.39 is 30.9 Å². The molecule has 2 heterocycles.